The van der Waals surface area contributed by atoms with Crippen LogP contribution in [0.25, 0.3) is 0 Å². The minimum Gasteiger partial charge on any atom is -0.496 e. The lowest BCUT2D eigenvalue weighted by Crippen LogP contribution is -2.38. The molecule has 0 bridgehead atoms. The van der Waals surface area contributed by atoms with Crippen molar-refractivity contribution in [3.63, 3.8) is 0 Å². The number of carbonyl (C=O) groups excluding carboxylic acids is 1. The van der Waals surface area contributed by atoms with E-state index in [9.17, 15) is 4.79 Å². The molecule has 1 amide bonds. The van der Waals surface area contributed by atoms with Crippen molar-refractivity contribution in [2.45, 2.75) is 19.4 Å². The van der Waals surface area contributed by atoms with Gasteiger partial charge in [0, 0.05) is 13.0 Å². The fourth-order valence-electron chi connectivity index (χ4n) is 1.79. The number of benzene rings is 1. The second-order valence-electron chi connectivity index (χ2n) is 4.31. The summed E-state index contributed by atoms with van der Waals surface area (Å²) in [5.41, 5.74) is 1.53. The third-order valence-corrected chi connectivity index (χ3v) is 2.98. The molecule has 0 heterocycles. The summed E-state index contributed by atoms with van der Waals surface area (Å²) in [5, 5.41) is 2.91. The fraction of sp³-hybridized carbons (Fsp3) is 0.500. The Hall–Kier alpha value is -1.26. The van der Waals surface area contributed by atoms with Crippen LogP contribution in [0.2, 0.25) is 0 Å². The van der Waals surface area contributed by atoms with Crippen LogP contribution in [-0.4, -0.2) is 38.7 Å². The maximum Gasteiger partial charge on any atom is 0.255 e. The predicted molar refractivity (Wildman–Crippen MR) is 76.2 cm³/mol. The number of alkyl halides is 1. The van der Waals surface area contributed by atoms with E-state index >= 15 is 0 Å². The number of methoxy groups -OCH3 is 2. The van der Waals surface area contributed by atoms with Gasteiger partial charge in [0.1, 0.15) is 5.75 Å². The largest absolute Gasteiger partial charge is 0.496 e. The van der Waals surface area contributed by atoms with Gasteiger partial charge < -0.3 is 14.8 Å². The molecule has 0 saturated heterocycles. The standard InChI is InChI=1S/C14H20ClNO3/c1-10-4-5-13(19-3)12(8-10)14(17)16-11(6-7-15)9-18-2/h4-5,8,11H,6-7,9H2,1-3H3,(H,16,17). The number of carbonyl (C=O) groups is 1. The van der Waals surface area contributed by atoms with E-state index in [1.54, 1.807) is 26.4 Å². The average Bonchev–Trinajstić information content (AvgIpc) is 2.39. The van der Waals surface area contributed by atoms with Crippen molar-refractivity contribution in [3.8, 4) is 5.75 Å². The van der Waals surface area contributed by atoms with E-state index in [1.165, 1.54) is 0 Å². The van der Waals surface area contributed by atoms with Crippen molar-refractivity contribution in [2.75, 3.05) is 26.7 Å². The molecule has 4 nitrogen and oxygen atoms in total. The minimum absolute atomic E-state index is 0.0970. The van der Waals surface area contributed by atoms with Gasteiger partial charge in [0.15, 0.2) is 0 Å². The Bertz CT molecular complexity index is 417. The summed E-state index contributed by atoms with van der Waals surface area (Å²) in [6.07, 6.45) is 0.662. The van der Waals surface area contributed by atoms with Crippen LogP contribution in [0.3, 0.4) is 0 Å². The summed E-state index contributed by atoms with van der Waals surface area (Å²) in [7, 11) is 3.15. The van der Waals surface area contributed by atoms with Gasteiger partial charge >= 0.3 is 0 Å². The molecule has 1 aromatic carbocycles. The molecule has 106 valence electrons. The second-order valence-corrected chi connectivity index (χ2v) is 4.69. The van der Waals surface area contributed by atoms with E-state index < -0.39 is 0 Å². The van der Waals surface area contributed by atoms with Gasteiger partial charge in [-0.3, -0.25) is 4.79 Å². The highest BCUT2D eigenvalue weighted by molar-refractivity contribution is 6.17. The maximum atomic E-state index is 12.2. The fourth-order valence-corrected chi connectivity index (χ4v) is 2.06. The van der Waals surface area contributed by atoms with Gasteiger partial charge in [0.2, 0.25) is 0 Å². The van der Waals surface area contributed by atoms with Gasteiger partial charge in [-0.25, -0.2) is 0 Å². The lowest BCUT2D eigenvalue weighted by atomic mass is 10.1. The molecule has 19 heavy (non-hydrogen) atoms. The van der Waals surface area contributed by atoms with Crippen molar-refractivity contribution in [1.29, 1.82) is 0 Å². The van der Waals surface area contributed by atoms with Crippen molar-refractivity contribution >= 4 is 17.5 Å². The number of amides is 1. The predicted octanol–water partition coefficient (Wildman–Crippen LogP) is 2.38. The molecule has 1 N–H and O–H groups in total. The molecule has 0 aliphatic heterocycles. The zero-order valence-electron chi connectivity index (χ0n) is 11.5. The van der Waals surface area contributed by atoms with Gasteiger partial charge in [-0.15, -0.1) is 11.6 Å². The first-order chi connectivity index (χ1) is 9.12. The molecule has 1 unspecified atom stereocenters. The van der Waals surface area contributed by atoms with E-state index in [4.69, 9.17) is 21.1 Å². The van der Waals surface area contributed by atoms with Gasteiger partial charge in [0.25, 0.3) is 5.91 Å². The molecule has 1 aromatic rings. The van der Waals surface area contributed by atoms with Crippen LogP contribution in [0.5, 0.6) is 5.75 Å². The quantitative estimate of drug-likeness (QED) is 0.783. The molecule has 1 atom stereocenters. The molecule has 0 aliphatic rings. The second kappa shape index (κ2) is 8.02. The summed E-state index contributed by atoms with van der Waals surface area (Å²) in [5.74, 6) is 0.858. The van der Waals surface area contributed by atoms with Crippen LogP contribution in [0, 0.1) is 6.92 Å². The number of aryl methyl sites for hydroxylation is 1. The third-order valence-electron chi connectivity index (χ3n) is 2.76. The van der Waals surface area contributed by atoms with Crippen LogP contribution in [0.1, 0.15) is 22.3 Å². The van der Waals surface area contributed by atoms with E-state index in [0.717, 1.165) is 5.56 Å². The van der Waals surface area contributed by atoms with E-state index in [0.29, 0.717) is 30.2 Å². The highest BCUT2D eigenvalue weighted by Crippen LogP contribution is 2.19. The van der Waals surface area contributed by atoms with E-state index in [1.807, 2.05) is 13.0 Å². The van der Waals surface area contributed by atoms with Gasteiger partial charge in [-0.05, 0) is 25.5 Å². The van der Waals surface area contributed by atoms with Crippen LogP contribution < -0.4 is 10.1 Å². The maximum absolute atomic E-state index is 12.2. The average molecular weight is 286 g/mol. The summed E-state index contributed by atoms with van der Waals surface area (Å²) in [6.45, 7) is 2.37. The molecule has 5 heteroatoms. The number of hydrogen-bond donors (Lipinski definition) is 1. The number of halogens is 1. The van der Waals surface area contributed by atoms with Crippen molar-refractivity contribution in [1.82, 2.24) is 5.32 Å². The normalized spacial score (nSPS) is 12.0. The number of rotatable bonds is 7. The Kier molecular flexibility index (Phi) is 6.67. The highest BCUT2D eigenvalue weighted by atomic mass is 35.5. The van der Waals surface area contributed by atoms with Crippen molar-refractivity contribution in [3.05, 3.63) is 29.3 Å². The van der Waals surface area contributed by atoms with Crippen LogP contribution in [0.4, 0.5) is 0 Å². The van der Waals surface area contributed by atoms with Gasteiger partial charge in [-0.2, -0.15) is 0 Å². The van der Waals surface area contributed by atoms with Crippen molar-refractivity contribution in [2.24, 2.45) is 0 Å². The van der Waals surface area contributed by atoms with Gasteiger partial charge in [-0.1, -0.05) is 11.6 Å². The third kappa shape index (κ3) is 4.73. The Balaban J connectivity index is 2.83. The van der Waals surface area contributed by atoms with E-state index in [2.05, 4.69) is 5.32 Å². The molecule has 0 spiro atoms. The Morgan fingerprint density at radius 2 is 2.16 bits per heavy atom. The Morgan fingerprint density at radius 3 is 2.74 bits per heavy atom. The van der Waals surface area contributed by atoms with Crippen LogP contribution in [0.15, 0.2) is 18.2 Å². The van der Waals surface area contributed by atoms with Crippen molar-refractivity contribution < 1.29 is 14.3 Å². The van der Waals surface area contributed by atoms with Crippen LogP contribution >= 0.6 is 11.6 Å². The summed E-state index contributed by atoms with van der Waals surface area (Å²) >= 11 is 5.71. The number of ether oxygens (including phenoxy) is 2. The number of nitrogens with one attached hydrogen (secondary N) is 1. The first-order valence-corrected chi connectivity index (χ1v) is 6.66. The monoisotopic (exact) mass is 285 g/mol. The first-order valence-electron chi connectivity index (χ1n) is 6.12. The topological polar surface area (TPSA) is 47.6 Å². The molecule has 1 rings (SSSR count). The molecule has 0 aromatic heterocycles. The van der Waals surface area contributed by atoms with Crippen LogP contribution in [-0.2, 0) is 4.74 Å². The molecular weight excluding hydrogens is 266 g/mol. The minimum atomic E-state index is -0.173. The zero-order valence-corrected chi connectivity index (χ0v) is 12.3. The Labute approximate surface area is 119 Å². The molecule has 0 saturated carbocycles. The summed E-state index contributed by atoms with van der Waals surface area (Å²) in [6, 6.07) is 5.40. The lowest BCUT2D eigenvalue weighted by Gasteiger charge is -2.18. The number of hydrogen-bond acceptors (Lipinski definition) is 3. The zero-order chi connectivity index (χ0) is 14.3. The Morgan fingerprint density at radius 1 is 1.42 bits per heavy atom. The SMILES string of the molecule is COCC(CCCl)NC(=O)c1cc(C)ccc1OC. The molecule has 0 radical (unpaired) electrons. The smallest absolute Gasteiger partial charge is 0.255 e. The lowest BCUT2D eigenvalue weighted by molar-refractivity contribution is 0.0892. The molecule has 0 aliphatic carbocycles. The summed E-state index contributed by atoms with van der Waals surface area (Å²) in [4.78, 5) is 12.2. The molecular formula is C14H20ClNO3. The summed E-state index contributed by atoms with van der Waals surface area (Å²) < 4.78 is 10.3. The van der Waals surface area contributed by atoms with E-state index in [-0.39, 0.29) is 11.9 Å². The van der Waals surface area contributed by atoms with Gasteiger partial charge in [0.05, 0.1) is 25.3 Å². The molecule has 0 fully saturated rings. The highest BCUT2D eigenvalue weighted by Gasteiger charge is 2.16. The first kappa shape index (κ1) is 15.8.